The molecule has 1 saturated heterocycles. The van der Waals surface area contributed by atoms with Gasteiger partial charge in [0, 0.05) is 36.3 Å². The topological polar surface area (TPSA) is 101 Å². The predicted molar refractivity (Wildman–Crippen MR) is 182 cm³/mol. The average Bonchev–Trinajstić information content (AvgIpc) is 3.50. The van der Waals surface area contributed by atoms with E-state index in [-0.39, 0.29) is 29.1 Å². The number of thiazole rings is 1. The highest BCUT2D eigenvalue weighted by atomic mass is 32.2. The summed E-state index contributed by atoms with van der Waals surface area (Å²) in [6.07, 6.45) is 0. The highest BCUT2D eigenvalue weighted by Crippen LogP contribution is 2.54. The molecule has 1 N–H and O–H groups in total. The minimum Gasteiger partial charge on any atom is -0.497 e. The van der Waals surface area contributed by atoms with Gasteiger partial charge in [-0.2, -0.15) is 0 Å². The summed E-state index contributed by atoms with van der Waals surface area (Å²) in [6, 6.07) is 28.2. The number of fused-ring (bicyclic) bond motifs is 3. The maximum absolute atomic E-state index is 14.1. The van der Waals surface area contributed by atoms with Crippen LogP contribution < -0.4 is 24.7 Å². The molecule has 232 valence electrons. The summed E-state index contributed by atoms with van der Waals surface area (Å²) in [7, 11) is 5.45. The van der Waals surface area contributed by atoms with E-state index in [2.05, 4.69) is 5.32 Å². The van der Waals surface area contributed by atoms with Crippen LogP contribution in [0.1, 0.15) is 16.4 Å². The quantitative estimate of drug-likeness (QED) is 0.230. The zero-order valence-electron chi connectivity index (χ0n) is 25.3. The number of hydrogen-bond acceptors (Lipinski definition) is 8. The van der Waals surface area contributed by atoms with Crippen molar-refractivity contribution < 1.29 is 19.1 Å². The van der Waals surface area contributed by atoms with Gasteiger partial charge in [0.2, 0.25) is 17.7 Å². The molecule has 3 amide bonds. The van der Waals surface area contributed by atoms with E-state index < -0.39 is 17.1 Å². The number of anilines is 3. The van der Waals surface area contributed by atoms with E-state index in [9.17, 15) is 19.2 Å². The summed E-state index contributed by atoms with van der Waals surface area (Å²) in [4.78, 5) is 58.6. The lowest BCUT2D eigenvalue weighted by Gasteiger charge is -2.31. The Morgan fingerprint density at radius 1 is 0.891 bits per heavy atom. The summed E-state index contributed by atoms with van der Waals surface area (Å²) >= 11 is 2.23. The maximum atomic E-state index is 14.1. The van der Waals surface area contributed by atoms with Gasteiger partial charge in [-0.1, -0.05) is 65.6 Å². The van der Waals surface area contributed by atoms with Crippen LogP contribution in [0.15, 0.2) is 101 Å². The zero-order chi connectivity index (χ0) is 32.1. The van der Waals surface area contributed by atoms with Crippen LogP contribution in [0.4, 0.5) is 17.1 Å². The molecular formula is C35H30N4O5S2. The summed E-state index contributed by atoms with van der Waals surface area (Å²) in [5, 5.41) is 4.73. The number of hydrogen-bond donors (Lipinski definition) is 1. The number of methoxy groups -OCH3 is 1. The van der Waals surface area contributed by atoms with Crippen molar-refractivity contribution >= 4 is 68.7 Å². The Labute approximate surface area is 273 Å². The van der Waals surface area contributed by atoms with Crippen molar-refractivity contribution in [2.75, 3.05) is 36.3 Å². The number of benzene rings is 4. The van der Waals surface area contributed by atoms with E-state index in [0.29, 0.717) is 27.0 Å². The van der Waals surface area contributed by atoms with Gasteiger partial charge >= 0.3 is 4.87 Å². The zero-order valence-corrected chi connectivity index (χ0v) is 26.9. The average molecular weight is 651 g/mol. The molecule has 0 saturated carbocycles. The van der Waals surface area contributed by atoms with E-state index in [4.69, 9.17) is 4.74 Å². The highest BCUT2D eigenvalue weighted by molar-refractivity contribution is 8.00. The summed E-state index contributed by atoms with van der Waals surface area (Å²) in [5.41, 5.74) is 2.89. The number of ether oxygens (including phenoxy) is 1. The molecule has 11 heteroatoms. The summed E-state index contributed by atoms with van der Waals surface area (Å²) in [5.74, 6) is -1.68. The Hall–Kier alpha value is -4.87. The molecule has 5 aromatic rings. The van der Waals surface area contributed by atoms with Gasteiger partial charge in [-0.15, -0.1) is 0 Å². The smallest absolute Gasteiger partial charge is 0.308 e. The van der Waals surface area contributed by atoms with Crippen molar-refractivity contribution in [2.24, 2.45) is 5.92 Å². The highest BCUT2D eigenvalue weighted by Gasteiger charge is 2.56. The van der Waals surface area contributed by atoms with E-state index >= 15 is 0 Å². The van der Waals surface area contributed by atoms with Crippen LogP contribution in [-0.2, 0) is 20.9 Å². The molecule has 0 unspecified atom stereocenters. The molecule has 2 aliphatic rings. The molecule has 0 radical (unpaired) electrons. The van der Waals surface area contributed by atoms with Gasteiger partial charge in [-0.25, -0.2) is 4.90 Å². The molecule has 2 aliphatic heterocycles. The first-order chi connectivity index (χ1) is 22.2. The number of amides is 3. The first-order valence-corrected chi connectivity index (χ1v) is 16.4. The van der Waals surface area contributed by atoms with Crippen molar-refractivity contribution in [1.29, 1.82) is 0 Å². The number of aromatic nitrogens is 1. The van der Waals surface area contributed by atoms with Crippen LogP contribution >= 0.6 is 23.1 Å². The molecule has 3 atom stereocenters. The predicted octanol–water partition coefficient (Wildman–Crippen LogP) is 5.57. The van der Waals surface area contributed by atoms with E-state index in [1.807, 2.05) is 85.7 Å². The van der Waals surface area contributed by atoms with Crippen molar-refractivity contribution in [3.63, 3.8) is 0 Å². The fraction of sp³-hybridized carbons (Fsp3) is 0.200. The monoisotopic (exact) mass is 650 g/mol. The van der Waals surface area contributed by atoms with Gasteiger partial charge in [0.25, 0.3) is 0 Å². The van der Waals surface area contributed by atoms with Crippen molar-refractivity contribution in [3.05, 3.63) is 111 Å². The van der Waals surface area contributed by atoms with E-state index in [0.717, 1.165) is 33.4 Å². The second-order valence-corrected chi connectivity index (χ2v) is 13.6. The molecule has 0 bridgehead atoms. The molecule has 4 aromatic carbocycles. The molecule has 0 aliphatic carbocycles. The lowest BCUT2D eigenvalue weighted by atomic mass is 9.83. The van der Waals surface area contributed by atoms with E-state index in [1.165, 1.54) is 21.2 Å². The minimum atomic E-state index is -0.774. The Balaban J connectivity index is 1.26. The van der Waals surface area contributed by atoms with Crippen molar-refractivity contribution in [2.45, 2.75) is 22.7 Å². The number of nitrogens with zero attached hydrogens (tertiary/aromatic N) is 3. The van der Waals surface area contributed by atoms with Crippen LogP contribution in [0.2, 0.25) is 0 Å². The molecular weight excluding hydrogens is 621 g/mol. The standard InChI is InChI=1S/C35H30N4O5S2/c1-37(2)24-12-9-21(10-13-24)28-29-30(33(42)39(32(29)41)25-14-16-26(44-3)17-15-25)45-34-31(28)46-35(43)38(34)19-27(40)36-23-11-8-20-6-4-5-7-22(20)18-23/h4-18,28-30H,19H2,1-3H3,(H,36,40)/t28-,29-,30+/m0/s1. The van der Waals surface area contributed by atoms with Gasteiger partial charge in [0.15, 0.2) is 0 Å². The van der Waals surface area contributed by atoms with Gasteiger partial charge in [0.1, 0.15) is 17.5 Å². The van der Waals surface area contributed by atoms with Gasteiger partial charge in [0.05, 0.1) is 23.7 Å². The third-order valence-corrected chi connectivity index (χ3v) is 11.1. The van der Waals surface area contributed by atoms with E-state index in [1.54, 1.807) is 31.4 Å². The van der Waals surface area contributed by atoms with Gasteiger partial charge in [-0.3, -0.25) is 23.7 Å². The number of carbonyl (C=O) groups excluding carboxylic acids is 3. The number of rotatable bonds is 7. The van der Waals surface area contributed by atoms with Crippen LogP contribution in [0.25, 0.3) is 10.8 Å². The first kappa shape index (κ1) is 29.8. The molecule has 9 nitrogen and oxygen atoms in total. The number of carbonyl (C=O) groups is 3. The van der Waals surface area contributed by atoms with Gasteiger partial charge < -0.3 is 15.0 Å². The Morgan fingerprint density at radius 3 is 2.30 bits per heavy atom. The van der Waals surface area contributed by atoms with Crippen LogP contribution in [-0.4, -0.2) is 48.7 Å². The third-order valence-electron chi connectivity index (χ3n) is 8.48. The molecule has 46 heavy (non-hydrogen) atoms. The summed E-state index contributed by atoms with van der Waals surface area (Å²) < 4.78 is 6.70. The SMILES string of the molecule is COc1ccc(N2C(=O)[C@H]3[C@H](c4ccc(N(C)C)cc4)c4sc(=O)n(CC(=O)Nc5ccc6ccccc6c5)c4S[C@H]3C2=O)cc1. The maximum Gasteiger partial charge on any atom is 0.308 e. The van der Waals surface area contributed by atoms with Crippen LogP contribution in [0.3, 0.4) is 0 Å². The minimum absolute atomic E-state index is 0.224. The normalized spacial score (nSPS) is 18.8. The van der Waals surface area contributed by atoms with Crippen molar-refractivity contribution in [3.8, 4) is 5.75 Å². The Morgan fingerprint density at radius 2 is 1.61 bits per heavy atom. The fourth-order valence-electron chi connectivity index (χ4n) is 6.19. The molecule has 0 spiro atoms. The molecule has 7 rings (SSSR count). The lowest BCUT2D eigenvalue weighted by Crippen LogP contribution is -2.33. The number of imide groups is 1. The first-order valence-electron chi connectivity index (χ1n) is 14.7. The molecule has 3 heterocycles. The molecule has 1 aromatic heterocycles. The summed E-state index contributed by atoms with van der Waals surface area (Å²) in [6.45, 7) is -0.224. The largest absolute Gasteiger partial charge is 0.497 e. The lowest BCUT2D eigenvalue weighted by molar-refractivity contribution is -0.122. The van der Waals surface area contributed by atoms with Crippen LogP contribution in [0.5, 0.6) is 5.75 Å². The number of nitrogens with one attached hydrogen (secondary N) is 1. The number of thioether (sulfide) groups is 1. The fourth-order valence-corrected chi connectivity index (χ4v) is 8.96. The second kappa shape index (κ2) is 11.8. The van der Waals surface area contributed by atoms with Crippen molar-refractivity contribution in [1.82, 2.24) is 4.57 Å². The Bertz CT molecular complexity index is 2050. The second-order valence-electron chi connectivity index (χ2n) is 11.5. The van der Waals surface area contributed by atoms with Crippen LogP contribution in [0, 0.1) is 5.92 Å². The third kappa shape index (κ3) is 5.15. The molecule has 1 fully saturated rings. The Kier molecular flexibility index (Phi) is 7.66. The van der Waals surface area contributed by atoms with Gasteiger partial charge in [-0.05, 0) is 64.9 Å².